The van der Waals surface area contributed by atoms with E-state index >= 15 is 0 Å². The van der Waals surface area contributed by atoms with Crippen LogP contribution in [0, 0.1) is 5.82 Å². The van der Waals surface area contributed by atoms with Gasteiger partial charge in [-0.2, -0.15) is 0 Å². The van der Waals surface area contributed by atoms with E-state index in [1.165, 1.54) is 12.1 Å². The zero-order valence-electron chi connectivity index (χ0n) is 13.8. The molecule has 3 N–H and O–H groups in total. The molecule has 7 nitrogen and oxygen atoms in total. The molecule has 0 aliphatic carbocycles. The van der Waals surface area contributed by atoms with Gasteiger partial charge < -0.3 is 20.4 Å². The van der Waals surface area contributed by atoms with Crippen LogP contribution in [0.15, 0.2) is 29.1 Å². The molecule has 1 aliphatic heterocycles. The Labute approximate surface area is 143 Å². The molecule has 2 amide bonds. The number of amides is 2. The molecule has 1 atom stereocenters. The molecule has 0 spiro atoms. The number of ether oxygens (including phenoxy) is 1. The van der Waals surface area contributed by atoms with Crippen LogP contribution in [-0.4, -0.2) is 22.6 Å². The standard InChI is InChI=1S/C17H19FN4O3/c1-10(11-2-4-12(18)5-3-11)20-17(24)19-8-15-21-14-6-7-25-9-13(14)16(23)22-15/h2-5,10H,6-9H2,1H3,(H2,19,20,24)(H,21,22,23)/t10-/m1/s1. The van der Waals surface area contributed by atoms with E-state index in [4.69, 9.17) is 4.74 Å². The van der Waals surface area contributed by atoms with Gasteiger partial charge in [0.05, 0.1) is 37.1 Å². The normalized spacial score (nSPS) is 14.5. The summed E-state index contributed by atoms with van der Waals surface area (Å²) in [5.41, 5.74) is 1.81. The van der Waals surface area contributed by atoms with Crippen molar-refractivity contribution < 1.29 is 13.9 Å². The molecule has 0 radical (unpaired) electrons. The number of nitrogens with one attached hydrogen (secondary N) is 3. The number of benzene rings is 1. The monoisotopic (exact) mass is 346 g/mol. The maximum atomic E-state index is 12.9. The summed E-state index contributed by atoms with van der Waals surface area (Å²) in [6.07, 6.45) is 0.583. The van der Waals surface area contributed by atoms with E-state index in [9.17, 15) is 14.0 Å². The summed E-state index contributed by atoms with van der Waals surface area (Å²) in [6.45, 7) is 2.70. The van der Waals surface area contributed by atoms with Crippen molar-refractivity contribution >= 4 is 6.03 Å². The molecule has 8 heteroatoms. The quantitative estimate of drug-likeness (QED) is 0.782. The number of halogens is 1. The van der Waals surface area contributed by atoms with E-state index in [2.05, 4.69) is 20.6 Å². The highest BCUT2D eigenvalue weighted by atomic mass is 19.1. The van der Waals surface area contributed by atoms with E-state index < -0.39 is 6.03 Å². The second-order valence-corrected chi connectivity index (χ2v) is 5.84. The van der Waals surface area contributed by atoms with Crippen LogP contribution < -0.4 is 16.2 Å². The van der Waals surface area contributed by atoms with Crippen LogP contribution in [0.1, 0.15) is 35.6 Å². The molecule has 0 saturated carbocycles. The fraction of sp³-hybridized carbons (Fsp3) is 0.353. The molecular formula is C17H19FN4O3. The molecule has 3 rings (SSSR count). The summed E-state index contributed by atoms with van der Waals surface area (Å²) in [7, 11) is 0. The van der Waals surface area contributed by atoms with Gasteiger partial charge in [0, 0.05) is 6.42 Å². The SMILES string of the molecule is C[C@@H](NC(=O)NCc1nc2c(c(=O)[nH]1)COCC2)c1ccc(F)cc1. The van der Waals surface area contributed by atoms with Crippen molar-refractivity contribution in [2.45, 2.75) is 32.5 Å². The van der Waals surface area contributed by atoms with Crippen molar-refractivity contribution in [1.82, 2.24) is 20.6 Å². The molecular weight excluding hydrogens is 327 g/mol. The number of carbonyl (C=O) groups excluding carboxylic acids is 1. The summed E-state index contributed by atoms with van der Waals surface area (Å²) < 4.78 is 18.2. The molecule has 1 aromatic heterocycles. The highest BCUT2D eigenvalue weighted by molar-refractivity contribution is 5.74. The summed E-state index contributed by atoms with van der Waals surface area (Å²) in [6, 6.07) is 5.23. The number of urea groups is 1. The zero-order chi connectivity index (χ0) is 17.8. The molecule has 0 unspecified atom stereocenters. The average Bonchev–Trinajstić information content (AvgIpc) is 2.60. The minimum Gasteiger partial charge on any atom is -0.376 e. The van der Waals surface area contributed by atoms with Crippen LogP contribution in [0.4, 0.5) is 9.18 Å². The Balaban J connectivity index is 1.58. The minimum absolute atomic E-state index is 0.103. The molecule has 0 bridgehead atoms. The van der Waals surface area contributed by atoms with E-state index in [1.807, 2.05) is 0 Å². The van der Waals surface area contributed by atoms with E-state index in [-0.39, 0.29) is 30.6 Å². The van der Waals surface area contributed by atoms with Crippen molar-refractivity contribution in [2.75, 3.05) is 6.61 Å². The van der Waals surface area contributed by atoms with Crippen molar-refractivity contribution in [3.05, 3.63) is 63.1 Å². The minimum atomic E-state index is -0.402. The van der Waals surface area contributed by atoms with Gasteiger partial charge in [0.2, 0.25) is 0 Å². The van der Waals surface area contributed by atoms with Gasteiger partial charge in [0.15, 0.2) is 0 Å². The topological polar surface area (TPSA) is 96.1 Å². The fourth-order valence-corrected chi connectivity index (χ4v) is 2.62. The highest BCUT2D eigenvalue weighted by Gasteiger charge is 2.16. The Hall–Kier alpha value is -2.74. The Morgan fingerprint density at radius 1 is 1.40 bits per heavy atom. The Morgan fingerprint density at radius 3 is 2.92 bits per heavy atom. The maximum Gasteiger partial charge on any atom is 0.315 e. The van der Waals surface area contributed by atoms with Gasteiger partial charge in [0.25, 0.3) is 5.56 Å². The Kier molecular flexibility index (Phi) is 5.08. The third kappa shape index (κ3) is 4.21. The van der Waals surface area contributed by atoms with Gasteiger partial charge in [-0.15, -0.1) is 0 Å². The van der Waals surface area contributed by atoms with Gasteiger partial charge >= 0.3 is 6.03 Å². The van der Waals surface area contributed by atoms with Gasteiger partial charge in [-0.3, -0.25) is 4.79 Å². The second-order valence-electron chi connectivity index (χ2n) is 5.84. The summed E-state index contributed by atoms with van der Waals surface area (Å²) >= 11 is 0. The number of hydrogen-bond donors (Lipinski definition) is 3. The Morgan fingerprint density at radius 2 is 2.16 bits per heavy atom. The first-order valence-corrected chi connectivity index (χ1v) is 8.01. The van der Waals surface area contributed by atoms with Crippen LogP contribution in [-0.2, 0) is 24.3 Å². The number of hydrogen-bond acceptors (Lipinski definition) is 4. The number of rotatable bonds is 4. The predicted octanol–water partition coefficient (Wildman–Crippen LogP) is 1.54. The summed E-state index contributed by atoms with van der Waals surface area (Å²) in [4.78, 5) is 31.0. The molecule has 2 heterocycles. The average molecular weight is 346 g/mol. The number of aromatic amines is 1. The van der Waals surface area contributed by atoms with Crippen LogP contribution in [0.2, 0.25) is 0 Å². The predicted molar refractivity (Wildman–Crippen MR) is 88.4 cm³/mol. The van der Waals surface area contributed by atoms with Crippen molar-refractivity contribution in [3.8, 4) is 0 Å². The van der Waals surface area contributed by atoms with Crippen LogP contribution in [0.25, 0.3) is 0 Å². The molecule has 25 heavy (non-hydrogen) atoms. The first-order chi connectivity index (χ1) is 12.0. The highest BCUT2D eigenvalue weighted by Crippen LogP contribution is 2.13. The lowest BCUT2D eigenvalue weighted by Gasteiger charge is -2.17. The number of fused-ring (bicyclic) bond motifs is 1. The molecule has 2 aromatic rings. The van der Waals surface area contributed by atoms with Crippen LogP contribution in [0.5, 0.6) is 0 Å². The van der Waals surface area contributed by atoms with Gasteiger partial charge in [0.1, 0.15) is 11.6 Å². The molecule has 0 saturated heterocycles. The molecule has 1 aliphatic rings. The summed E-state index contributed by atoms with van der Waals surface area (Å²) in [5.74, 6) is 0.0727. The number of carbonyl (C=O) groups is 1. The van der Waals surface area contributed by atoms with Crippen molar-refractivity contribution in [3.63, 3.8) is 0 Å². The lowest BCUT2D eigenvalue weighted by Crippen LogP contribution is -2.37. The van der Waals surface area contributed by atoms with Gasteiger partial charge in [-0.25, -0.2) is 14.2 Å². The fourth-order valence-electron chi connectivity index (χ4n) is 2.62. The van der Waals surface area contributed by atoms with Crippen LogP contribution in [0.3, 0.4) is 0 Å². The lowest BCUT2D eigenvalue weighted by atomic mass is 10.1. The maximum absolute atomic E-state index is 12.9. The van der Waals surface area contributed by atoms with Crippen LogP contribution >= 0.6 is 0 Å². The third-order valence-electron chi connectivity index (χ3n) is 4.01. The first kappa shape index (κ1) is 17.1. The first-order valence-electron chi connectivity index (χ1n) is 8.01. The zero-order valence-corrected chi connectivity index (χ0v) is 13.8. The van der Waals surface area contributed by atoms with Crippen molar-refractivity contribution in [2.24, 2.45) is 0 Å². The number of nitrogens with zero attached hydrogens (tertiary/aromatic N) is 1. The van der Waals surface area contributed by atoms with Crippen molar-refractivity contribution in [1.29, 1.82) is 0 Å². The van der Waals surface area contributed by atoms with E-state index in [1.54, 1.807) is 19.1 Å². The molecule has 1 aromatic carbocycles. The van der Waals surface area contributed by atoms with E-state index in [0.29, 0.717) is 30.1 Å². The van der Waals surface area contributed by atoms with Gasteiger partial charge in [-0.05, 0) is 24.6 Å². The lowest BCUT2D eigenvalue weighted by molar-refractivity contribution is 0.108. The largest absolute Gasteiger partial charge is 0.376 e. The smallest absolute Gasteiger partial charge is 0.315 e. The summed E-state index contributed by atoms with van der Waals surface area (Å²) in [5, 5.41) is 5.41. The number of aromatic nitrogens is 2. The molecule has 0 fully saturated rings. The Bertz CT molecular complexity index is 820. The van der Waals surface area contributed by atoms with E-state index in [0.717, 1.165) is 5.56 Å². The second kappa shape index (κ2) is 7.43. The number of H-pyrrole nitrogens is 1. The third-order valence-corrected chi connectivity index (χ3v) is 4.01. The van der Waals surface area contributed by atoms with Gasteiger partial charge in [-0.1, -0.05) is 12.1 Å². The molecule has 132 valence electrons.